The first kappa shape index (κ1) is 32.4. The number of likely N-dealkylation sites (tertiary alicyclic amines) is 2. The third kappa shape index (κ3) is 10.7. The number of carbonyl (C=O) groups is 6. The quantitative estimate of drug-likeness (QED) is 0.197. The minimum absolute atomic E-state index is 0.147. The van der Waals surface area contributed by atoms with E-state index in [2.05, 4.69) is 10.6 Å². The lowest BCUT2D eigenvalue weighted by molar-refractivity contribution is -0.141. The minimum atomic E-state index is -0.305. The average molecular weight is 553 g/mol. The number of nitrogens with zero attached hydrogens (tertiary/aromatic N) is 2. The van der Waals surface area contributed by atoms with E-state index in [9.17, 15) is 28.8 Å². The summed E-state index contributed by atoms with van der Waals surface area (Å²) < 4.78 is 10.8. The van der Waals surface area contributed by atoms with E-state index in [0.29, 0.717) is 52.4 Å². The number of nitrogens with one attached hydrogen (secondary N) is 2. The molecule has 2 fully saturated rings. The highest BCUT2D eigenvalue weighted by Crippen LogP contribution is 2.35. The van der Waals surface area contributed by atoms with Crippen LogP contribution in [0.1, 0.15) is 66.2 Å². The van der Waals surface area contributed by atoms with Crippen molar-refractivity contribution in [1.29, 1.82) is 0 Å². The monoisotopic (exact) mass is 552 g/mol. The highest BCUT2D eigenvalue weighted by atomic mass is 16.5. The molecular weight excluding hydrogens is 508 g/mol. The maximum Gasteiger partial charge on any atom is 0.233 e. The molecule has 220 valence electrons. The molecule has 0 bridgehead atoms. The van der Waals surface area contributed by atoms with Gasteiger partial charge in [0.25, 0.3) is 0 Å². The first-order valence-corrected chi connectivity index (χ1v) is 13.8. The standard InChI is InChI=1S/C27H44N4O8/c1-19-17-23(34)30(25(19)36)11-5-7-21(32)28-9-13-38-15-16-39-14-10-29-22(33)8-6-12-31-24(35)18-20(26(31)37)27(2,3)4/h19-20H,5-18H2,1-4H3,(H,28,32)(H,29,33). The summed E-state index contributed by atoms with van der Waals surface area (Å²) in [5.74, 6) is -1.56. The molecule has 0 aromatic rings. The van der Waals surface area contributed by atoms with Crippen LogP contribution in [0.4, 0.5) is 0 Å². The maximum atomic E-state index is 12.5. The van der Waals surface area contributed by atoms with Gasteiger partial charge in [0, 0.05) is 57.8 Å². The van der Waals surface area contributed by atoms with Crippen molar-refractivity contribution in [2.45, 2.75) is 66.2 Å². The molecule has 2 saturated heterocycles. The molecular formula is C27H44N4O8. The lowest BCUT2D eigenvalue weighted by Crippen LogP contribution is -2.35. The molecule has 2 heterocycles. The molecule has 2 aliphatic heterocycles. The summed E-state index contributed by atoms with van der Waals surface area (Å²) in [5, 5.41) is 5.48. The average Bonchev–Trinajstić information content (AvgIpc) is 3.28. The maximum absolute atomic E-state index is 12.5. The molecule has 12 nitrogen and oxygen atoms in total. The fourth-order valence-electron chi connectivity index (χ4n) is 4.50. The zero-order chi connectivity index (χ0) is 29.0. The molecule has 39 heavy (non-hydrogen) atoms. The third-order valence-corrected chi connectivity index (χ3v) is 6.84. The second-order valence-electron chi connectivity index (χ2n) is 11.1. The van der Waals surface area contributed by atoms with Crippen molar-refractivity contribution in [2.75, 3.05) is 52.6 Å². The zero-order valence-electron chi connectivity index (χ0n) is 23.7. The predicted octanol–water partition coefficient (Wildman–Crippen LogP) is 0.629. The van der Waals surface area contributed by atoms with Crippen LogP contribution in [0.25, 0.3) is 0 Å². The van der Waals surface area contributed by atoms with E-state index in [0.717, 1.165) is 0 Å². The first-order chi connectivity index (χ1) is 18.4. The van der Waals surface area contributed by atoms with Crippen LogP contribution in [0.3, 0.4) is 0 Å². The second-order valence-corrected chi connectivity index (χ2v) is 11.1. The Morgan fingerprint density at radius 2 is 1.23 bits per heavy atom. The zero-order valence-corrected chi connectivity index (χ0v) is 23.7. The van der Waals surface area contributed by atoms with Crippen LogP contribution in [-0.2, 0) is 38.2 Å². The van der Waals surface area contributed by atoms with Gasteiger partial charge in [-0.15, -0.1) is 0 Å². The van der Waals surface area contributed by atoms with Crippen LogP contribution in [0.5, 0.6) is 0 Å². The molecule has 0 aromatic carbocycles. The largest absolute Gasteiger partial charge is 0.377 e. The van der Waals surface area contributed by atoms with Crippen molar-refractivity contribution in [1.82, 2.24) is 20.4 Å². The Morgan fingerprint density at radius 3 is 1.64 bits per heavy atom. The number of hydrogen-bond acceptors (Lipinski definition) is 8. The van der Waals surface area contributed by atoms with Crippen molar-refractivity contribution in [3.63, 3.8) is 0 Å². The van der Waals surface area contributed by atoms with E-state index in [1.807, 2.05) is 20.8 Å². The smallest absolute Gasteiger partial charge is 0.233 e. The highest BCUT2D eigenvalue weighted by Gasteiger charge is 2.44. The van der Waals surface area contributed by atoms with Crippen molar-refractivity contribution in [3.8, 4) is 0 Å². The summed E-state index contributed by atoms with van der Waals surface area (Å²) in [6.07, 6.45) is 1.77. The molecule has 2 atom stereocenters. The predicted molar refractivity (Wildman–Crippen MR) is 141 cm³/mol. The van der Waals surface area contributed by atoms with Crippen LogP contribution >= 0.6 is 0 Å². The fourth-order valence-corrected chi connectivity index (χ4v) is 4.50. The number of imide groups is 2. The summed E-state index contributed by atoms with van der Waals surface area (Å²) in [7, 11) is 0. The molecule has 12 heteroatoms. The van der Waals surface area contributed by atoms with Gasteiger partial charge in [-0.05, 0) is 18.3 Å². The lowest BCUT2D eigenvalue weighted by atomic mass is 9.80. The van der Waals surface area contributed by atoms with Gasteiger partial charge in [-0.2, -0.15) is 0 Å². The van der Waals surface area contributed by atoms with Crippen LogP contribution in [0.2, 0.25) is 0 Å². The Bertz CT molecular complexity index is 901. The number of carbonyl (C=O) groups excluding carboxylic acids is 6. The van der Waals surface area contributed by atoms with E-state index < -0.39 is 0 Å². The molecule has 0 aliphatic carbocycles. The van der Waals surface area contributed by atoms with E-state index in [1.54, 1.807) is 6.92 Å². The van der Waals surface area contributed by atoms with E-state index >= 15 is 0 Å². The van der Waals surface area contributed by atoms with Gasteiger partial charge in [0.15, 0.2) is 0 Å². The minimum Gasteiger partial charge on any atom is -0.377 e. The number of rotatable bonds is 17. The van der Waals surface area contributed by atoms with E-state index in [4.69, 9.17) is 9.47 Å². The molecule has 2 N–H and O–H groups in total. The van der Waals surface area contributed by atoms with Gasteiger partial charge in [-0.1, -0.05) is 27.7 Å². The lowest BCUT2D eigenvalue weighted by Gasteiger charge is -2.24. The second kappa shape index (κ2) is 15.7. The first-order valence-electron chi connectivity index (χ1n) is 13.8. The normalized spacial score (nSPS) is 19.8. The van der Waals surface area contributed by atoms with Crippen molar-refractivity contribution in [2.24, 2.45) is 17.3 Å². The summed E-state index contributed by atoms with van der Waals surface area (Å²) in [5.41, 5.74) is -0.263. The molecule has 0 saturated carbocycles. The van der Waals surface area contributed by atoms with Gasteiger partial charge in [-0.3, -0.25) is 38.6 Å². The van der Waals surface area contributed by atoms with Crippen LogP contribution in [-0.4, -0.2) is 97.8 Å². The fraction of sp³-hybridized carbons (Fsp3) is 0.778. The topological polar surface area (TPSA) is 151 Å². The van der Waals surface area contributed by atoms with Gasteiger partial charge in [0.2, 0.25) is 35.4 Å². The van der Waals surface area contributed by atoms with E-state index in [-0.39, 0.29) is 91.5 Å². The number of amides is 6. The molecule has 2 aliphatic rings. The Labute approximate surface area is 230 Å². The molecule has 6 amide bonds. The van der Waals surface area contributed by atoms with Gasteiger partial charge in [0.05, 0.1) is 32.3 Å². The third-order valence-electron chi connectivity index (χ3n) is 6.84. The molecule has 0 aromatic heterocycles. The Morgan fingerprint density at radius 1 is 0.769 bits per heavy atom. The van der Waals surface area contributed by atoms with Crippen molar-refractivity contribution < 1.29 is 38.2 Å². The van der Waals surface area contributed by atoms with Crippen LogP contribution in [0.15, 0.2) is 0 Å². The summed E-state index contributed by atoms with van der Waals surface area (Å²) in [4.78, 5) is 74.6. The van der Waals surface area contributed by atoms with E-state index in [1.165, 1.54) is 9.80 Å². The number of ether oxygens (including phenoxy) is 2. The Hall–Kier alpha value is -2.86. The Balaban J connectivity index is 1.39. The van der Waals surface area contributed by atoms with Crippen molar-refractivity contribution in [3.05, 3.63) is 0 Å². The molecule has 2 rings (SSSR count). The SMILES string of the molecule is CC1CC(=O)N(CCCC(=O)NCCOCCOCCNC(=O)CCCN2C(=O)CC(C(C)(C)C)C2=O)C1=O. The molecule has 0 radical (unpaired) electrons. The Kier molecular flexibility index (Phi) is 13.0. The summed E-state index contributed by atoms with van der Waals surface area (Å²) in [6.45, 7) is 10.1. The van der Waals surface area contributed by atoms with Gasteiger partial charge in [-0.25, -0.2) is 0 Å². The number of hydrogen-bond donors (Lipinski definition) is 2. The highest BCUT2D eigenvalue weighted by molar-refractivity contribution is 6.04. The summed E-state index contributed by atoms with van der Waals surface area (Å²) >= 11 is 0. The van der Waals surface area contributed by atoms with Crippen molar-refractivity contribution >= 4 is 35.4 Å². The summed E-state index contributed by atoms with van der Waals surface area (Å²) in [6, 6.07) is 0. The van der Waals surface area contributed by atoms with Crippen LogP contribution in [0, 0.1) is 17.3 Å². The van der Waals surface area contributed by atoms with Crippen LogP contribution < -0.4 is 10.6 Å². The molecule has 2 unspecified atom stereocenters. The van der Waals surface area contributed by atoms with Gasteiger partial charge >= 0.3 is 0 Å². The van der Waals surface area contributed by atoms with Gasteiger partial charge in [0.1, 0.15) is 0 Å². The molecule has 0 spiro atoms. The van der Waals surface area contributed by atoms with Gasteiger partial charge < -0.3 is 20.1 Å².